The third kappa shape index (κ3) is 5.10. The van der Waals surface area contributed by atoms with Gasteiger partial charge in [0.2, 0.25) is 5.92 Å². The maximum Gasteiger partial charge on any atom is 0.259 e. The highest BCUT2D eigenvalue weighted by Gasteiger charge is 2.34. The van der Waals surface area contributed by atoms with Crippen LogP contribution in [0.3, 0.4) is 0 Å². The summed E-state index contributed by atoms with van der Waals surface area (Å²) in [5, 5.41) is 4.00. The molecule has 10 heteroatoms. The van der Waals surface area contributed by atoms with Gasteiger partial charge < -0.3 is 15.0 Å². The molecule has 2 aliphatic heterocycles. The van der Waals surface area contributed by atoms with E-state index in [4.69, 9.17) is 21.3 Å². The lowest BCUT2D eigenvalue weighted by molar-refractivity contribution is -0.0102. The molecular formula is C21H23ClF2N4O2S. The second-order valence-electron chi connectivity index (χ2n) is 7.70. The first kappa shape index (κ1) is 22.2. The van der Waals surface area contributed by atoms with Gasteiger partial charge in [-0.2, -0.15) is 0 Å². The van der Waals surface area contributed by atoms with Crippen LogP contribution >= 0.6 is 23.4 Å². The quantitative estimate of drug-likeness (QED) is 0.633. The van der Waals surface area contributed by atoms with E-state index < -0.39 is 11.8 Å². The number of thioether (sulfide) groups is 1. The van der Waals surface area contributed by atoms with Gasteiger partial charge in [0.05, 0.1) is 34.5 Å². The number of anilines is 2. The Kier molecular flexibility index (Phi) is 6.64. The summed E-state index contributed by atoms with van der Waals surface area (Å²) >= 11 is 7.93. The van der Waals surface area contributed by atoms with E-state index in [1.165, 1.54) is 11.8 Å². The Morgan fingerprint density at radius 1 is 1.32 bits per heavy atom. The molecule has 0 unspecified atom stereocenters. The SMILES string of the molecule is CSc1cc(NC(=O)c2cc(Cl)c(C3COC3)nc2N2CCCC(F)(F)CC2)ccn1. The molecule has 0 radical (unpaired) electrons. The zero-order chi connectivity index (χ0) is 22.0. The predicted octanol–water partition coefficient (Wildman–Crippen LogP) is 4.84. The second kappa shape index (κ2) is 9.26. The number of nitrogens with one attached hydrogen (secondary N) is 1. The monoisotopic (exact) mass is 468 g/mol. The van der Waals surface area contributed by atoms with Crippen molar-refractivity contribution in [1.82, 2.24) is 9.97 Å². The lowest BCUT2D eigenvalue weighted by Gasteiger charge is -2.29. The third-order valence-electron chi connectivity index (χ3n) is 5.47. The first-order valence-electron chi connectivity index (χ1n) is 10.1. The number of carbonyl (C=O) groups is 1. The fraction of sp³-hybridized carbons (Fsp3) is 0.476. The highest BCUT2D eigenvalue weighted by Crippen LogP contribution is 2.35. The van der Waals surface area contributed by atoms with E-state index in [0.717, 1.165) is 5.03 Å². The van der Waals surface area contributed by atoms with Gasteiger partial charge in [-0.15, -0.1) is 11.8 Å². The molecule has 4 rings (SSSR count). The van der Waals surface area contributed by atoms with Crippen molar-refractivity contribution >= 4 is 40.8 Å². The summed E-state index contributed by atoms with van der Waals surface area (Å²) in [4.78, 5) is 23.8. The molecule has 2 aliphatic rings. The normalized spacial score (nSPS) is 18.9. The third-order valence-corrected chi connectivity index (χ3v) is 6.42. The van der Waals surface area contributed by atoms with Crippen LogP contribution in [-0.4, -0.2) is 54.4 Å². The maximum atomic E-state index is 13.9. The number of alkyl halides is 2. The zero-order valence-electron chi connectivity index (χ0n) is 17.0. The Balaban J connectivity index is 1.68. The largest absolute Gasteiger partial charge is 0.380 e. The molecule has 0 bridgehead atoms. The van der Waals surface area contributed by atoms with Crippen LogP contribution in [0, 0.1) is 0 Å². The van der Waals surface area contributed by atoms with Gasteiger partial charge in [-0.3, -0.25) is 4.79 Å². The molecule has 0 saturated carbocycles. The van der Waals surface area contributed by atoms with E-state index in [-0.39, 0.29) is 30.9 Å². The van der Waals surface area contributed by atoms with Crippen molar-refractivity contribution < 1.29 is 18.3 Å². The Morgan fingerprint density at radius 2 is 2.13 bits per heavy atom. The summed E-state index contributed by atoms with van der Waals surface area (Å²) in [5.74, 6) is -2.67. The van der Waals surface area contributed by atoms with Crippen LogP contribution in [0.15, 0.2) is 29.4 Å². The number of nitrogens with zero attached hydrogens (tertiary/aromatic N) is 3. The van der Waals surface area contributed by atoms with Crippen LogP contribution < -0.4 is 10.2 Å². The second-order valence-corrected chi connectivity index (χ2v) is 8.93. The van der Waals surface area contributed by atoms with Crippen LogP contribution in [-0.2, 0) is 4.74 Å². The minimum Gasteiger partial charge on any atom is -0.380 e. The number of aromatic nitrogens is 2. The average Bonchev–Trinajstić information content (AvgIpc) is 2.88. The van der Waals surface area contributed by atoms with Gasteiger partial charge in [-0.05, 0) is 30.9 Å². The molecule has 0 spiro atoms. The molecule has 1 amide bonds. The standard InChI is InChI=1S/C21H23ClF2N4O2S/c1-31-17-9-14(3-6-25-17)26-20(29)15-10-16(22)18(13-11-30-12-13)27-19(15)28-7-2-4-21(23,24)5-8-28/h3,6,9-10,13H,2,4-5,7-8,11-12H2,1H3,(H,25,26,29). The van der Waals surface area contributed by atoms with Gasteiger partial charge in [0.25, 0.3) is 5.91 Å². The van der Waals surface area contributed by atoms with Gasteiger partial charge in [0, 0.05) is 43.7 Å². The van der Waals surface area contributed by atoms with Gasteiger partial charge in [-0.1, -0.05) is 11.6 Å². The van der Waals surface area contributed by atoms with Crippen LogP contribution in [0.4, 0.5) is 20.3 Å². The van der Waals surface area contributed by atoms with E-state index in [1.807, 2.05) is 6.26 Å². The minimum atomic E-state index is -2.71. The average molecular weight is 469 g/mol. The number of hydrogen-bond acceptors (Lipinski definition) is 6. The van der Waals surface area contributed by atoms with E-state index in [0.29, 0.717) is 48.4 Å². The van der Waals surface area contributed by atoms with Crippen molar-refractivity contribution in [2.24, 2.45) is 0 Å². The molecule has 2 fully saturated rings. The molecule has 0 atom stereocenters. The molecule has 166 valence electrons. The van der Waals surface area contributed by atoms with Crippen molar-refractivity contribution in [3.05, 3.63) is 40.7 Å². The van der Waals surface area contributed by atoms with E-state index in [2.05, 4.69) is 10.3 Å². The van der Waals surface area contributed by atoms with E-state index >= 15 is 0 Å². The highest BCUT2D eigenvalue weighted by molar-refractivity contribution is 7.98. The summed E-state index contributed by atoms with van der Waals surface area (Å²) in [7, 11) is 0. The first-order valence-corrected chi connectivity index (χ1v) is 11.7. The summed E-state index contributed by atoms with van der Waals surface area (Å²) < 4.78 is 33.1. The number of halogens is 3. The topological polar surface area (TPSA) is 67.3 Å². The van der Waals surface area contributed by atoms with Crippen molar-refractivity contribution in [1.29, 1.82) is 0 Å². The van der Waals surface area contributed by atoms with Crippen LogP contribution in [0.5, 0.6) is 0 Å². The van der Waals surface area contributed by atoms with E-state index in [9.17, 15) is 13.6 Å². The fourth-order valence-corrected chi connectivity index (χ4v) is 4.37. The molecule has 0 aliphatic carbocycles. The lowest BCUT2D eigenvalue weighted by Crippen LogP contribution is -2.32. The minimum absolute atomic E-state index is 0.0427. The maximum absolute atomic E-state index is 13.9. The number of ether oxygens (including phenoxy) is 1. The molecule has 31 heavy (non-hydrogen) atoms. The number of pyridine rings is 2. The van der Waals surface area contributed by atoms with Crippen molar-refractivity contribution in [3.63, 3.8) is 0 Å². The van der Waals surface area contributed by atoms with Crippen molar-refractivity contribution in [3.8, 4) is 0 Å². The molecule has 2 aromatic heterocycles. The predicted molar refractivity (Wildman–Crippen MR) is 118 cm³/mol. The van der Waals surface area contributed by atoms with Crippen molar-refractivity contribution in [2.75, 3.05) is 42.8 Å². The van der Waals surface area contributed by atoms with Crippen LogP contribution in [0.25, 0.3) is 0 Å². The number of carbonyl (C=O) groups excluding carboxylic acids is 1. The van der Waals surface area contributed by atoms with Gasteiger partial charge >= 0.3 is 0 Å². The van der Waals surface area contributed by atoms with Gasteiger partial charge in [0.1, 0.15) is 5.82 Å². The lowest BCUT2D eigenvalue weighted by atomic mass is 10.0. The number of hydrogen-bond donors (Lipinski definition) is 1. The Hall–Kier alpha value is -1.97. The molecule has 6 nitrogen and oxygen atoms in total. The first-order chi connectivity index (χ1) is 14.9. The summed E-state index contributed by atoms with van der Waals surface area (Å²) in [6, 6.07) is 5.05. The number of amides is 1. The molecule has 2 saturated heterocycles. The Labute approximate surface area is 188 Å². The Morgan fingerprint density at radius 3 is 2.84 bits per heavy atom. The summed E-state index contributed by atoms with van der Waals surface area (Å²) in [5.41, 5.74) is 1.50. The highest BCUT2D eigenvalue weighted by atomic mass is 35.5. The summed E-state index contributed by atoms with van der Waals surface area (Å²) in [6.07, 6.45) is 3.39. The number of rotatable bonds is 5. The van der Waals surface area contributed by atoms with Crippen molar-refractivity contribution in [2.45, 2.75) is 36.1 Å². The molecule has 1 N–H and O–H groups in total. The van der Waals surface area contributed by atoms with Gasteiger partial charge in [-0.25, -0.2) is 18.7 Å². The Bertz CT molecular complexity index is 974. The van der Waals surface area contributed by atoms with Gasteiger partial charge in [0.15, 0.2) is 0 Å². The summed E-state index contributed by atoms with van der Waals surface area (Å²) in [6.45, 7) is 1.53. The zero-order valence-corrected chi connectivity index (χ0v) is 18.6. The van der Waals surface area contributed by atoms with E-state index in [1.54, 1.807) is 29.3 Å². The van der Waals surface area contributed by atoms with Crippen LogP contribution in [0.2, 0.25) is 5.02 Å². The molecular weight excluding hydrogens is 446 g/mol. The fourth-order valence-electron chi connectivity index (χ4n) is 3.65. The molecule has 2 aromatic rings. The van der Waals surface area contributed by atoms with Crippen LogP contribution in [0.1, 0.15) is 41.2 Å². The molecule has 0 aromatic carbocycles. The smallest absolute Gasteiger partial charge is 0.259 e. The molecule has 4 heterocycles.